The van der Waals surface area contributed by atoms with Gasteiger partial charge in [-0.1, -0.05) is 34.1 Å². The molecule has 0 saturated heterocycles. The standard InChI is InChI=1S/C8H16N4/c1-5-6-8(7(2,3)4)9-11-12-10-8/h5-6H2,1-4H3. The molecule has 68 valence electrons. The lowest BCUT2D eigenvalue weighted by Gasteiger charge is -2.33. The average Bonchev–Trinajstić information content (AvgIpc) is 2.36. The summed E-state index contributed by atoms with van der Waals surface area (Å²) in [4.78, 5) is 0. The van der Waals surface area contributed by atoms with Crippen LogP contribution in [-0.2, 0) is 0 Å². The predicted molar refractivity (Wildman–Crippen MR) is 46.8 cm³/mol. The second-order valence-corrected chi connectivity index (χ2v) is 4.20. The zero-order valence-corrected chi connectivity index (χ0v) is 8.20. The van der Waals surface area contributed by atoms with E-state index in [1.807, 2.05) is 0 Å². The van der Waals surface area contributed by atoms with E-state index in [1.54, 1.807) is 0 Å². The zero-order valence-electron chi connectivity index (χ0n) is 8.20. The lowest BCUT2D eigenvalue weighted by atomic mass is 9.79. The maximum atomic E-state index is 4.12. The van der Waals surface area contributed by atoms with E-state index in [0.29, 0.717) is 0 Å². The molecular weight excluding hydrogens is 152 g/mol. The Morgan fingerprint density at radius 2 is 1.58 bits per heavy atom. The molecule has 1 heterocycles. The van der Waals surface area contributed by atoms with E-state index in [1.165, 1.54) is 0 Å². The smallest absolute Gasteiger partial charge is 0.134 e. The van der Waals surface area contributed by atoms with Crippen molar-refractivity contribution in [2.24, 2.45) is 26.1 Å². The average molecular weight is 168 g/mol. The van der Waals surface area contributed by atoms with Gasteiger partial charge in [-0.25, -0.2) is 0 Å². The molecule has 0 bridgehead atoms. The molecule has 0 unspecified atom stereocenters. The first kappa shape index (κ1) is 9.29. The lowest BCUT2D eigenvalue weighted by Crippen LogP contribution is -2.37. The van der Waals surface area contributed by atoms with Gasteiger partial charge in [0.1, 0.15) is 0 Å². The van der Waals surface area contributed by atoms with E-state index in [2.05, 4.69) is 48.4 Å². The highest BCUT2D eigenvalue weighted by Crippen LogP contribution is 2.41. The zero-order chi connectivity index (χ0) is 9.24. The van der Waals surface area contributed by atoms with Gasteiger partial charge in [-0.3, -0.25) is 0 Å². The molecule has 1 aliphatic heterocycles. The van der Waals surface area contributed by atoms with Gasteiger partial charge < -0.3 is 0 Å². The molecule has 0 aromatic carbocycles. The molecule has 12 heavy (non-hydrogen) atoms. The predicted octanol–water partition coefficient (Wildman–Crippen LogP) is 3.36. The van der Waals surface area contributed by atoms with Crippen molar-refractivity contribution in [3.63, 3.8) is 0 Å². The first-order chi connectivity index (χ1) is 5.52. The summed E-state index contributed by atoms with van der Waals surface area (Å²) in [6.45, 7) is 8.47. The molecule has 4 heteroatoms. The summed E-state index contributed by atoms with van der Waals surface area (Å²) < 4.78 is 0. The number of hydrogen-bond donors (Lipinski definition) is 0. The molecule has 0 amide bonds. The maximum Gasteiger partial charge on any atom is 0.200 e. The van der Waals surface area contributed by atoms with Crippen molar-refractivity contribution < 1.29 is 0 Å². The van der Waals surface area contributed by atoms with Crippen molar-refractivity contribution in [1.82, 2.24) is 0 Å². The van der Waals surface area contributed by atoms with Crippen molar-refractivity contribution in [3.8, 4) is 0 Å². The highest BCUT2D eigenvalue weighted by Gasteiger charge is 2.44. The van der Waals surface area contributed by atoms with Crippen LogP contribution in [0.3, 0.4) is 0 Å². The van der Waals surface area contributed by atoms with Gasteiger partial charge in [-0.05, 0) is 16.9 Å². The lowest BCUT2D eigenvalue weighted by molar-refractivity contribution is 0.181. The van der Waals surface area contributed by atoms with Gasteiger partial charge in [-0.2, -0.15) is 0 Å². The van der Waals surface area contributed by atoms with Gasteiger partial charge in [0.25, 0.3) is 0 Å². The Kier molecular flexibility index (Phi) is 2.26. The fourth-order valence-corrected chi connectivity index (χ4v) is 1.33. The van der Waals surface area contributed by atoms with Crippen LogP contribution in [0.2, 0.25) is 0 Å². The van der Waals surface area contributed by atoms with E-state index in [-0.39, 0.29) is 5.41 Å². The normalized spacial score (nSPS) is 20.3. The summed E-state index contributed by atoms with van der Waals surface area (Å²) in [7, 11) is 0. The third-order valence-electron chi connectivity index (χ3n) is 2.26. The second kappa shape index (κ2) is 2.92. The van der Waals surface area contributed by atoms with Gasteiger partial charge in [0.05, 0.1) is 0 Å². The molecule has 0 aromatic heterocycles. The molecule has 4 nitrogen and oxygen atoms in total. The summed E-state index contributed by atoms with van der Waals surface area (Å²) >= 11 is 0. The van der Waals surface area contributed by atoms with Crippen LogP contribution >= 0.6 is 0 Å². The molecule has 0 radical (unpaired) electrons. The fraction of sp³-hybridized carbons (Fsp3) is 1.00. The van der Waals surface area contributed by atoms with Gasteiger partial charge in [0, 0.05) is 5.41 Å². The molecule has 0 fully saturated rings. The summed E-state index contributed by atoms with van der Waals surface area (Å²) in [5, 5.41) is 15.5. The van der Waals surface area contributed by atoms with E-state index >= 15 is 0 Å². The summed E-state index contributed by atoms with van der Waals surface area (Å²) in [6.07, 6.45) is 1.97. The van der Waals surface area contributed by atoms with Crippen LogP contribution in [0.4, 0.5) is 0 Å². The van der Waals surface area contributed by atoms with E-state index in [0.717, 1.165) is 12.8 Å². The van der Waals surface area contributed by atoms with Crippen LogP contribution in [0.25, 0.3) is 0 Å². The van der Waals surface area contributed by atoms with Crippen LogP contribution in [-0.4, -0.2) is 5.66 Å². The van der Waals surface area contributed by atoms with Crippen LogP contribution < -0.4 is 0 Å². The van der Waals surface area contributed by atoms with E-state index < -0.39 is 5.66 Å². The van der Waals surface area contributed by atoms with Gasteiger partial charge >= 0.3 is 0 Å². The third kappa shape index (κ3) is 1.38. The van der Waals surface area contributed by atoms with Crippen molar-refractivity contribution in [2.75, 3.05) is 0 Å². The largest absolute Gasteiger partial charge is 0.200 e. The Bertz CT molecular complexity index is 200. The molecule has 0 N–H and O–H groups in total. The molecule has 1 aliphatic rings. The maximum absolute atomic E-state index is 4.12. The van der Waals surface area contributed by atoms with E-state index in [9.17, 15) is 0 Å². The quantitative estimate of drug-likeness (QED) is 0.607. The van der Waals surface area contributed by atoms with Crippen molar-refractivity contribution in [1.29, 1.82) is 0 Å². The summed E-state index contributed by atoms with van der Waals surface area (Å²) in [6, 6.07) is 0. The first-order valence-electron chi connectivity index (χ1n) is 4.36. The highest BCUT2D eigenvalue weighted by molar-refractivity contribution is 4.95. The number of hydrogen-bond acceptors (Lipinski definition) is 4. The van der Waals surface area contributed by atoms with Gasteiger partial charge in [0.15, 0.2) is 5.66 Å². The van der Waals surface area contributed by atoms with Gasteiger partial charge in [-0.15, -0.1) is 10.2 Å². The minimum absolute atomic E-state index is 0.00646. The minimum atomic E-state index is -0.401. The van der Waals surface area contributed by atoms with Crippen LogP contribution in [0.15, 0.2) is 20.7 Å². The fourth-order valence-electron chi connectivity index (χ4n) is 1.33. The van der Waals surface area contributed by atoms with E-state index in [4.69, 9.17) is 0 Å². The third-order valence-corrected chi connectivity index (χ3v) is 2.26. The Hall–Kier alpha value is -0.800. The SMILES string of the molecule is CCCC1(C(C)(C)C)N=NN=N1. The Morgan fingerprint density at radius 1 is 1.08 bits per heavy atom. The molecule has 0 atom stereocenters. The van der Waals surface area contributed by atoms with Crippen LogP contribution in [0.1, 0.15) is 40.5 Å². The monoisotopic (exact) mass is 168 g/mol. The number of rotatable bonds is 2. The summed E-state index contributed by atoms with van der Waals surface area (Å²) in [5.74, 6) is 0. The molecular formula is C8H16N4. The Labute approximate surface area is 73.2 Å². The van der Waals surface area contributed by atoms with Crippen molar-refractivity contribution >= 4 is 0 Å². The molecule has 0 aliphatic carbocycles. The van der Waals surface area contributed by atoms with Gasteiger partial charge in [0.2, 0.25) is 0 Å². The number of nitrogens with zero attached hydrogens (tertiary/aromatic N) is 4. The van der Waals surface area contributed by atoms with Crippen molar-refractivity contribution in [2.45, 2.75) is 46.2 Å². The highest BCUT2D eigenvalue weighted by atomic mass is 15.6. The van der Waals surface area contributed by atoms with Crippen LogP contribution in [0.5, 0.6) is 0 Å². The molecule has 0 saturated carbocycles. The van der Waals surface area contributed by atoms with Crippen LogP contribution in [0, 0.1) is 5.41 Å². The molecule has 0 spiro atoms. The summed E-state index contributed by atoms with van der Waals surface area (Å²) in [5.41, 5.74) is -0.395. The van der Waals surface area contributed by atoms with Crippen molar-refractivity contribution in [3.05, 3.63) is 0 Å². The Balaban J connectivity index is 2.88. The minimum Gasteiger partial charge on any atom is -0.134 e. The topological polar surface area (TPSA) is 49.4 Å². The molecule has 0 aromatic rings. The Morgan fingerprint density at radius 3 is 1.92 bits per heavy atom. The first-order valence-corrected chi connectivity index (χ1v) is 4.36. The molecule has 1 rings (SSSR count). The second-order valence-electron chi connectivity index (χ2n) is 4.20.